The number of amides is 2. The predicted octanol–water partition coefficient (Wildman–Crippen LogP) is 0.799. The van der Waals surface area contributed by atoms with Crippen molar-refractivity contribution < 1.29 is 4.79 Å². The molecule has 0 aliphatic rings. The maximum absolute atomic E-state index is 10.8. The number of nitrogens with two attached hydrogens (primary N) is 1. The minimum Gasteiger partial charge on any atom is -0.333 e. The van der Waals surface area contributed by atoms with Crippen molar-refractivity contribution in [2.75, 3.05) is 6.54 Å². The molecule has 2 amide bonds. The lowest BCUT2D eigenvalue weighted by Crippen LogP contribution is -2.45. The number of azo groups is 1. The lowest BCUT2D eigenvalue weighted by molar-refractivity contribution is 0.238. The minimum absolute atomic E-state index is 0.0790. The van der Waals surface area contributed by atoms with Crippen LogP contribution in [0.4, 0.5) is 4.79 Å². The van der Waals surface area contributed by atoms with Gasteiger partial charge in [0, 0.05) is 6.04 Å². The fourth-order valence-corrected chi connectivity index (χ4v) is 0.687. The highest BCUT2D eigenvalue weighted by Crippen LogP contribution is 2.06. The Morgan fingerprint density at radius 1 is 1.50 bits per heavy atom. The van der Waals surface area contributed by atoms with Gasteiger partial charge in [-0.3, -0.25) is 5.43 Å². The standard InChI is InChI=1S/C8H19N5O/c1-6(11-7(14)12-9)5-10-13-8(2,3)4/h6H,5,9H2,1-4H3,(H2,11,12,14)/b13-10+. The van der Waals surface area contributed by atoms with Gasteiger partial charge in [0.1, 0.15) is 0 Å². The van der Waals surface area contributed by atoms with Gasteiger partial charge in [0.15, 0.2) is 0 Å². The van der Waals surface area contributed by atoms with Crippen LogP contribution in [0.3, 0.4) is 0 Å². The van der Waals surface area contributed by atoms with E-state index >= 15 is 0 Å². The number of rotatable bonds is 3. The summed E-state index contributed by atoms with van der Waals surface area (Å²) in [6.07, 6.45) is 0. The van der Waals surface area contributed by atoms with Gasteiger partial charge in [0.05, 0.1) is 12.1 Å². The van der Waals surface area contributed by atoms with Crippen LogP contribution in [0, 0.1) is 0 Å². The monoisotopic (exact) mass is 201 g/mol. The van der Waals surface area contributed by atoms with Gasteiger partial charge >= 0.3 is 6.03 Å². The van der Waals surface area contributed by atoms with Crippen LogP contribution >= 0.6 is 0 Å². The second kappa shape index (κ2) is 5.54. The molecule has 0 radical (unpaired) electrons. The molecule has 0 aliphatic carbocycles. The molecule has 0 spiro atoms. The number of nitrogens with one attached hydrogen (secondary N) is 2. The summed E-state index contributed by atoms with van der Waals surface area (Å²) in [4.78, 5) is 10.8. The Hall–Kier alpha value is -1.17. The van der Waals surface area contributed by atoms with Crippen LogP contribution in [-0.2, 0) is 0 Å². The van der Waals surface area contributed by atoms with Crippen LogP contribution in [0.1, 0.15) is 27.7 Å². The molecule has 0 fully saturated rings. The summed E-state index contributed by atoms with van der Waals surface area (Å²) >= 11 is 0. The van der Waals surface area contributed by atoms with E-state index in [4.69, 9.17) is 5.84 Å². The Bertz CT molecular complexity index is 208. The van der Waals surface area contributed by atoms with Gasteiger partial charge in [-0.05, 0) is 27.7 Å². The van der Waals surface area contributed by atoms with E-state index in [0.29, 0.717) is 6.54 Å². The van der Waals surface area contributed by atoms with Crippen LogP contribution in [0.15, 0.2) is 10.2 Å². The summed E-state index contributed by atoms with van der Waals surface area (Å²) in [5.41, 5.74) is 1.81. The summed E-state index contributed by atoms with van der Waals surface area (Å²) in [6.45, 7) is 8.16. The molecule has 0 aromatic rings. The van der Waals surface area contributed by atoms with Gasteiger partial charge in [-0.1, -0.05) is 0 Å². The topological polar surface area (TPSA) is 91.9 Å². The average molecular weight is 201 g/mol. The second-order valence-corrected chi connectivity index (χ2v) is 4.11. The van der Waals surface area contributed by atoms with Crippen molar-refractivity contribution in [3.05, 3.63) is 0 Å². The van der Waals surface area contributed by atoms with Gasteiger partial charge < -0.3 is 5.32 Å². The lowest BCUT2D eigenvalue weighted by atomic mass is 10.1. The van der Waals surface area contributed by atoms with E-state index in [1.165, 1.54) is 0 Å². The van der Waals surface area contributed by atoms with Crippen LogP contribution in [0.25, 0.3) is 0 Å². The molecule has 6 nitrogen and oxygen atoms in total. The molecule has 4 N–H and O–H groups in total. The van der Waals surface area contributed by atoms with Crippen molar-refractivity contribution in [3.63, 3.8) is 0 Å². The molecule has 82 valence electrons. The first kappa shape index (κ1) is 12.8. The molecule has 0 saturated heterocycles. The third-order valence-electron chi connectivity index (χ3n) is 1.23. The molecule has 1 atom stereocenters. The summed E-state index contributed by atoms with van der Waals surface area (Å²) in [7, 11) is 0. The van der Waals surface area contributed by atoms with Crippen LogP contribution < -0.4 is 16.6 Å². The van der Waals surface area contributed by atoms with Gasteiger partial charge in [-0.2, -0.15) is 10.2 Å². The molecule has 0 aliphatic heterocycles. The number of urea groups is 1. The van der Waals surface area contributed by atoms with Crippen molar-refractivity contribution in [2.45, 2.75) is 39.3 Å². The van der Waals surface area contributed by atoms with Crippen molar-refractivity contribution in [1.29, 1.82) is 0 Å². The summed E-state index contributed by atoms with van der Waals surface area (Å²) in [5, 5.41) is 10.6. The zero-order valence-electron chi connectivity index (χ0n) is 9.16. The molecule has 0 heterocycles. The number of hydrogen-bond acceptors (Lipinski definition) is 4. The first-order valence-corrected chi connectivity index (χ1v) is 4.51. The van der Waals surface area contributed by atoms with E-state index in [1.54, 1.807) is 0 Å². The third-order valence-corrected chi connectivity index (χ3v) is 1.23. The van der Waals surface area contributed by atoms with E-state index < -0.39 is 6.03 Å². The fraction of sp³-hybridized carbons (Fsp3) is 0.875. The maximum atomic E-state index is 10.8. The lowest BCUT2D eigenvalue weighted by Gasteiger charge is -2.12. The Labute approximate surface area is 84.3 Å². The molecule has 0 saturated carbocycles. The van der Waals surface area contributed by atoms with Gasteiger partial charge in [-0.15, -0.1) is 0 Å². The van der Waals surface area contributed by atoms with Gasteiger partial charge in [0.25, 0.3) is 0 Å². The summed E-state index contributed by atoms with van der Waals surface area (Å²) in [6, 6.07) is -0.492. The largest absolute Gasteiger partial charge is 0.333 e. The quantitative estimate of drug-likeness (QED) is 0.273. The Balaban J connectivity index is 3.80. The highest BCUT2D eigenvalue weighted by molar-refractivity contribution is 5.73. The molecule has 0 bridgehead atoms. The normalized spacial score (nSPS) is 14.1. The molecule has 1 unspecified atom stereocenters. The van der Waals surface area contributed by atoms with Gasteiger partial charge in [-0.25, -0.2) is 10.6 Å². The molecule has 0 rings (SSSR count). The smallest absolute Gasteiger partial charge is 0.329 e. The Kier molecular flexibility index (Phi) is 5.07. The minimum atomic E-state index is -0.413. The van der Waals surface area contributed by atoms with E-state index in [-0.39, 0.29) is 11.6 Å². The molecular weight excluding hydrogens is 182 g/mol. The number of hydrazine groups is 1. The summed E-state index contributed by atoms with van der Waals surface area (Å²) in [5.74, 6) is 4.90. The number of carbonyl (C=O) groups excluding carboxylic acids is 1. The summed E-state index contributed by atoms with van der Waals surface area (Å²) < 4.78 is 0. The van der Waals surface area contributed by atoms with Gasteiger partial charge in [0.2, 0.25) is 0 Å². The first-order valence-electron chi connectivity index (χ1n) is 4.51. The molecule has 6 heteroatoms. The highest BCUT2D eigenvalue weighted by Gasteiger charge is 2.08. The number of carbonyl (C=O) groups is 1. The van der Waals surface area contributed by atoms with Crippen molar-refractivity contribution in [1.82, 2.24) is 10.7 Å². The number of nitrogens with zero attached hydrogens (tertiary/aromatic N) is 2. The van der Waals surface area contributed by atoms with Crippen LogP contribution in [0.2, 0.25) is 0 Å². The van der Waals surface area contributed by atoms with Crippen molar-refractivity contribution in [2.24, 2.45) is 16.1 Å². The van der Waals surface area contributed by atoms with Crippen molar-refractivity contribution in [3.8, 4) is 0 Å². The predicted molar refractivity (Wildman–Crippen MR) is 54.8 cm³/mol. The van der Waals surface area contributed by atoms with E-state index in [9.17, 15) is 4.79 Å². The maximum Gasteiger partial charge on any atom is 0.329 e. The number of hydrogen-bond donors (Lipinski definition) is 3. The molecule has 0 aromatic heterocycles. The SMILES string of the molecule is CC(C/N=N/C(C)(C)C)NC(=O)NN. The third kappa shape index (κ3) is 7.48. The second-order valence-electron chi connectivity index (χ2n) is 4.11. The van der Waals surface area contributed by atoms with Crippen molar-refractivity contribution >= 4 is 6.03 Å². The van der Waals surface area contributed by atoms with Crippen LogP contribution in [0.5, 0.6) is 0 Å². The van der Waals surface area contributed by atoms with E-state index in [1.807, 2.05) is 33.1 Å². The Morgan fingerprint density at radius 2 is 2.07 bits per heavy atom. The fourth-order valence-electron chi connectivity index (χ4n) is 0.687. The highest BCUT2D eigenvalue weighted by atomic mass is 16.2. The molecule has 14 heavy (non-hydrogen) atoms. The molecule has 0 aromatic carbocycles. The van der Waals surface area contributed by atoms with E-state index in [2.05, 4.69) is 15.5 Å². The van der Waals surface area contributed by atoms with E-state index in [0.717, 1.165) is 0 Å². The average Bonchev–Trinajstić information content (AvgIpc) is 2.01. The zero-order chi connectivity index (χ0) is 11.2. The van der Waals surface area contributed by atoms with Crippen LogP contribution in [-0.4, -0.2) is 24.2 Å². The zero-order valence-corrected chi connectivity index (χ0v) is 9.16. The first-order chi connectivity index (χ1) is 6.35. The Morgan fingerprint density at radius 3 is 2.50 bits per heavy atom. The molecular formula is C8H19N5O.